The van der Waals surface area contributed by atoms with E-state index >= 15 is 0 Å². The average molecular weight is 241 g/mol. The SMILES string of the molecule is Cn1cnc(C(=O)O)c1NC(=O)OC(C)(C)C. The third-order valence-electron chi connectivity index (χ3n) is 1.76. The molecule has 1 rings (SSSR count). The minimum Gasteiger partial charge on any atom is -0.476 e. The Morgan fingerprint density at radius 1 is 1.47 bits per heavy atom. The van der Waals surface area contributed by atoms with Crippen molar-refractivity contribution in [2.24, 2.45) is 7.05 Å². The Balaban J connectivity index is 2.85. The molecule has 7 nitrogen and oxygen atoms in total. The van der Waals surface area contributed by atoms with Crippen LogP contribution in [-0.4, -0.2) is 32.3 Å². The summed E-state index contributed by atoms with van der Waals surface area (Å²) in [6.45, 7) is 5.15. The van der Waals surface area contributed by atoms with E-state index in [2.05, 4.69) is 10.3 Å². The van der Waals surface area contributed by atoms with Gasteiger partial charge in [0.15, 0.2) is 5.69 Å². The molecule has 7 heteroatoms. The fraction of sp³-hybridized carbons (Fsp3) is 0.500. The zero-order valence-electron chi connectivity index (χ0n) is 10.1. The Kier molecular flexibility index (Phi) is 3.40. The molecule has 1 aromatic rings. The van der Waals surface area contributed by atoms with Gasteiger partial charge in [-0.05, 0) is 20.8 Å². The van der Waals surface area contributed by atoms with E-state index in [4.69, 9.17) is 9.84 Å². The Bertz CT molecular complexity index is 445. The summed E-state index contributed by atoms with van der Waals surface area (Å²) in [5.41, 5.74) is -0.871. The topological polar surface area (TPSA) is 93.5 Å². The van der Waals surface area contributed by atoms with Crippen LogP contribution in [0.25, 0.3) is 0 Å². The molecule has 1 aromatic heterocycles. The number of nitrogens with zero attached hydrogens (tertiary/aromatic N) is 2. The van der Waals surface area contributed by atoms with Gasteiger partial charge in [-0.25, -0.2) is 14.6 Å². The number of carbonyl (C=O) groups excluding carboxylic acids is 1. The monoisotopic (exact) mass is 241 g/mol. The minimum atomic E-state index is -1.21. The summed E-state index contributed by atoms with van der Waals surface area (Å²) >= 11 is 0. The van der Waals surface area contributed by atoms with Gasteiger partial charge in [0.05, 0.1) is 6.33 Å². The number of amides is 1. The lowest BCUT2D eigenvalue weighted by Gasteiger charge is -2.19. The number of imidazole rings is 1. The molecule has 1 amide bonds. The maximum atomic E-state index is 11.5. The third-order valence-corrected chi connectivity index (χ3v) is 1.76. The molecule has 0 radical (unpaired) electrons. The van der Waals surface area contributed by atoms with Gasteiger partial charge in [0, 0.05) is 7.05 Å². The third kappa shape index (κ3) is 3.47. The quantitative estimate of drug-likeness (QED) is 0.817. The number of carboxylic acids is 1. The summed E-state index contributed by atoms with van der Waals surface area (Å²) in [6, 6.07) is 0. The normalized spacial score (nSPS) is 11.1. The second-order valence-electron chi connectivity index (χ2n) is 4.48. The minimum absolute atomic E-state index is 0.0896. The number of ether oxygens (including phenoxy) is 1. The summed E-state index contributed by atoms with van der Waals surface area (Å²) in [5.74, 6) is -1.12. The second kappa shape index (κ2) is 4.44. The standard InChI is InChI=1S/C10H15N3O4/c1-10(2,3)17-9(16)12-7-6(8(14)15)11-5-13(7)4/h5H,1-4H3,(H,12,16)(H,14,15). The van der Waals surface area contributed by atoms with Gasteiger partial charge in [-0.15, -0.1) is 0 Å². The predicted molar refractivity (Wildman–Crippen MR) is 60.0 cm³/mol. The lowest BCUT2D eigenvalue weighted by Crippen LogP contribution is -2.28. The van der Waals surface area contributed by atoms with Crippen LogP contribution >= 0.6 is 0 Å². The van der Waals surface area contributed by atoms with E-state index in [-0.39, 0.29) is 11.5 Å². The number of hydrogen-bond acceptors (Lipinski definition) is 4. The Hall–Kier alpha value is -2.05. The Morgan fingerprint density at radius 2 is 2.06 bits per heavy atom. The van der Waals surface area contributed by atoms with Crippen molar-refractivity contribution in [3.63, 3.8) is 0 Å². The van der Waals surface area contributed by atoms with Crippen molar-refractivity contribution in [2.45, 2.75) is 26.4 Å². The molecular weight excluding hydrogens is 226 g/mol. The second-order valence-corrected chi connectivity index (χ2v) is 4.48. The smallest absolute Gasteiger partial charge is 0.413 e. The van der Waals surface area contributed by atoms with Gasteiger partial charge in [0.25, 0.3) is 0 Å². The van der Waals surface area contributed by atoms with Crippen molar-refractivity contribution in [1.82, 2.24) is 9.55 Å². The largest absolute Gasteiger partial charge is 0.476 e. The van der Waals surface area contributed by atoms with Gasteiger partial charge in [-0.1, -0.05) is 0 Å². The van der Waals surface area contributed by atoms with Gasteiger partial charge in [0.1, 0.15) is 11.4 Å². The number of aromatic carboxylic acids is 1. The molecule has 0 saturated carbocycles. The van der Waals surface area contributed by atoms with Crippen molar-refractivity contribution in [2.75, 3.05) is 5.32 Å². The maximum Gasteiger partial charge on any atom is 0.413 e. The highest BCUT2D eigenvalue weighted by Gasteiger charge is 2.21. The van der Waals surface area contributed by atoms with E-state index in [1.54, 1.807) is 27.8 Å². The van der Waals surface area contributed by atoms with Crippen LogP contribution < -0.4 is 5.32 Å². The number of anilines is 1. The summed E-state index contributed by atoms with van der Waals surface area (Å²) in [7, 11) is 1.58. The molecule has 0 fully saturated rings. The molecule has 0 aliphatic heterocycles. The number of hydrogen-bond donors (Lipinski definition) is 2. The molecule has 0 saturated heterocycles. The van der Waals surface area contributed by atoms with E-state index in [0.717, 1.165) is 0 Å². The molecule has 0 spiro atoms. The first-order valence-corrected chi connectivity index (χ1v) is 4.95. The molecule has 0 unspecified atom stereocenters. The first-order chi connectivity index (χ1) is 7.70. The molecule has 1 heterocycles. The van der Waals surface area contributed by atoms with E-state index in [9.17, 15) is 9.59 Å². The van der Waals surface area contributed by atoms with Crippen LogP contribution in [0, 0.1) is 0 Å². The fourth-order valence-corrected chi connectivity index (χ4v) is 1.13. The van der Waals surface area contributed by atoms with E-state index in [1.807, 2.05) is 0 Å². The highest BCUT2D eigenvalue weighted by molar-refractivity contribution is 5.96. The summed E-state index contributed by atoms with van der Waals surface area (Å²) < 4.78 is 6.41. The van der Waals surface area contributed by atoms with Crippen molar-refractivity contribution in [1.29, 1.82) is 0 Å². The van der Waals surface area contributed by atoms with Crippen molar-refractivity contribution in [3.8, 4) is 0 Å². The Morgan fingerprint density at radius 3 is 2.53 bits per heavy atom. The lowest BCUT2D eigenvalue weighted by atomic mass is 10.2. The molecule has 17 heavy (non-hydrogen) atoms. The number of nitrogens with one attached hydrogen (secondary N) is 1. The molecule has 2 N–H and O–H groups in total. The van der Waals surface area contributed by atoms with E-state index in [1.165, 1.54) is 10.9 Å². The number of aromatic nitrogens is 2. The van der Waals surface area contributed by atoms with Crippen molar-refractivity contribution >= 4 is 17.9 Å². The predicted octanol–water partition coefficient (Wildman–Crippen LogP) is 1.47. The van der Waals surface area contributed by atoms with Crippen molar-refractivity contribution in [3.05, 3.63) is 12.0 Å². The molecule has 0 aliphatic rings. The highest BCUT2D eigenvalue weighted by Crippen LogP contribution is 2.15. The summed E-state index contributed by atoms with van der Waals surface area (Å²) in [6.07, 6.45) is 0.583. The summed E-state index contributed by atoms with van der Waals surface area (Å²) in [5, 5.41) is 11.2. The van der Waals surface area contributed by atoms with Crippen LogP contribution in [0.5, 0.6) is 0 Å². The molecule has 0 aliphatic carbocycles. The van der Waals surface area contributed by atoms with Crippen LogP contribution in [0.2, 0.25) is 0 Å². The van der Waals surface area contributed by atoms with Crippen LogP contribution in [0.3, 0.4) is 0 Å². The maximum absolute atomic E-state index is 11.5. The van der Waals surface area contributed by atoms with Gasteiger partial charge in [0.2, 0.25) is 0 Å². The van der Waals surface area contributed by atoms with Gasteiger partial charge < -0.3 is 14.4 Å². The van der Waals surface area contributed by atoms with Gasteiger partial charge >= 0.3 is 12.1 Å². The average Bonchev–Trinajstić information content (AvgIpc) is 2.44. The number of carboxylic acid groups (broad SMARTS) is 1. The van der Waals surface area contributed by atoms with Gasteiger partial charge in [-0.2, -0.15) is 0 Å². The van der Waals surface area contributed by atoms with Gasteiger partial charge in [-0.3, -0.25) is 5.32 Å². The number of rotatable bonds is 2. The fourth-order valence-electron chi connectivity index (χ4n) is 1.13. The number of aryl methyl sites for hydroxylation is 1. The molecule has 0 bridgehead atoms. The van der Waals surface area contributed by atoms with Crippen LogP contribution in [0.1, 0.15) is 31.3 Å². The molecule has 0 aromatic carbocycles. The zero-order chi connectivity index (χ0) is 13.2. The first-order valence-electron chi connectivity index (χ1n) is 4.95. The number of carbonyl (C=O) groups is 2. The van der Waals surface area contributed by atoms with Crippen LogP contribution in [-0.2, 0) is 11.8 Å². The van der Waals surface area contributed by atoms with Crippen LogP contribution in [0.4, 0.5) is 10.6 Å². The zero-order valence-corrected chi connectivity index (χ0v) is 10.1. The van der Waals surface area contributed by atoms with Crippen LogP contribution in [0.15, 0.2) is 6.33 Å². The first kappa shape index (κ1) is 13.0. The van der Waals surface area contributed by atoms with Crippen molar-refractivity contribution < 1.29 is 19.4 Å². The molecular formula is C10H15N3O4. The summed E-state index contributed by atoms with van der Waals surface area (Å²) in [4.78, 5) is 26.0. The van der Waals surface area contributed by atoms with E-state index in [0.29, 0.717) is 0 Å². The molecule has 0 atom stereocenters. The van der Waals surface area contributed by atoms with E-state index < -0.39 is 17.7 Å². The lowest BCUT2D eigenvalue weighted by molar-refractivity contribution is 0.0634. The highest BCUT2D eigenvalue weighted by atomic mass is 16.6. The Labute approximate surface area is 98.4 Å². The molecule has 94 valence electrons.